The molecule has 0 bridgehead atoms. The van der Waals surface area contributed by atoms with Gasteiger partial charge in [-0.05, 0) is 88.3 Å². The largest absolute Gasteiger partial charge is 0.488 e. The van der Waals surface area contributed by atoms with E-state index in [0.717, 1.165) is 16.0 Å². The van der Waals surface area contributed by atoms with E-state index in [4.69, 9.17) is 4.74 Å². The van der Waals surface area contributed by atoms with Gasteiger partial charge in [0.05, 0.1) is 10.2 Å². The molecule has 178 valence electrons. The molecule has 1 heterocycles. The summed E-state index contributed by atoms with van der Waals surface area (Å²) in [7, 11) is 0. The lowest BCUT2D eigenvalue weighted by Crippen LogP contribution is -2.54. The van der Waals surface area contributed by atoms with E-state index in [1.165, 1.54) is 17.2 Å². The fourth-order valence-electron chi connectivity index (χ4n) is 3.85. The SMILES string of the molecule is CCc1ccccc1N1C(=O)NC(=O)/C(=C/c2ccc(OCc3ccc(C)c(C)c3)c(Br)c2)C1=O. The number of aryl methyl sites for hydroxylation is 3. The molecule has 1 aliphatic rings. The quantitative estimate of drug-likeness (QED) is 0.318. The van der Waals surface area contributed by atoms with Crippen LogP contribution in [0.3, 0.4) is 0 Å². The lowest BCUT2D eigenvalue weighted by Gasteiger charge is -2.28. The summed E-state index contributed by atoms with van der Waals surface area (Å²) < 4.78 is 6.64. The average molecular weight is 533 g/mol. The number of benzene rings is 3. The van der Waals surface area contributed by atoms with Crippen LogP contribution >= 0.6 is 15.9 Å². The van der Waals surface area contributed by atoms with E-state index in [1.807, 2.05) is 25.1 Å². The number of hydrogen-bond acceptors (Lipinski definition) is 4. The highest BCUT2D eigenvalue weighted by Gasteiger charge is 2.37. The van der Waals surface area contributed by atoms with Crippen molar-refractivity contribution >= 4 is 45.5 Å². The van der Waals surface area contributed by atoms with Crippen LogP contribution in [-0.4, -0.2) is 17.8 Å². The molecule has 4 rings (SSSR count). The van der Waals surface area contributed by atoms with Gasteiger partial charge in [-0.3, -0.25) is 14.9 Å². The zero-order valence-electron chi connectivity index (χ0n) is 19.7. The van der Waals surface area contributed by atoms with Gasteiger partial charge in [-0.2, -0.15) is 0 Å². The Kier molecular flexibility index (Phi) is 7.17. The van der Waals surface area contributed by atoms with Gasteiger partial charge >= 0.3 is 6.03 Å². The van der Waals surface area contributed by atoms with Gasteiger partial charge in [0, 0.05) is 0 Å². The van der Waals surface area contributed by atoms with Gasteiger partial charge in [0.1, 0.15) is 17.9 Å². The number of nitrogens with zero attached hydrogens (tertiary/aromatic N) is 1. The molecule has 7 heteroatoms. The number of anilines is 1. The van der Waals surface area contributed by atoms with Crippen molar-refractivity contribution < 1.29 is 19.1 Å². The molecular formula is C28H25BrN2O4. The maximum atomic E-state index is 13.2. The highest BCUT2D eigenvalue weighted by molar-refractivity contribution is 9.10. The van der Waals surface area contributed by atoms with Crippen molar-refractivity contribution in [3.05, 3.63) is 98.5 Å². The Labute approximate surface area is 212 Å². The van der Waals surface area contributed by atoms with Crippen molar-refractivity contribution in [3.8, 4) is 5.75 Å². The molecule has 35 heavy (non-hydrogen) atoms. The van der Waals surface area contributed by atoms with Gasteiger partial charge in [0.15, 0.2) is 0 Å². The maximum absolute atomic E-state index is 13.2. The monoisotopic (exact) mass is 532 g/mol. The molecule has 0 aliphatic carbocycles. The first kappa shape index (κ1) is 24.4. The molecule has 4 amide bonds. The summed E-state index contributed by atoms with van der Waals surface area (Å²) in [6.07, 6.45) is 2.11. The van der Waals surface area contributed by atoms with E-state index in [2.05, 4.69) is 47.2 Å². The third-order valence-electron chi connectivity index (χ3n) is 5.95. The van der Waals surface area contributed by atoms with Crippen LogP contribution in [0.4, 0.5) is 10.5 Å². The summed E-state index contributed by atoms with van der Waals surface area (Å²) in [5.74, 6) is -0.749. The molecule has 1 saturated heterocycles. The van der Waals surface area contributed by atoms with Crippen LogP contribution in [0, 0.1) is 13.8 Å². The first-order valence-electron chi connectivity index (χ1n) is 11.3. The third kappa shape index (κ3) is 5.20. The van der Waals surface area contributed by atoms with Crippen LogP contribution in [0.1, 0.15) is 34.7 Å². The Morgan fingerprint density at radius 3 is 2.46 bits per heavy atom. The van der Waals surface area contributed by atoms with Crippen LogP contribution in [0.2, 0.25) is 0 Å². The molecule has 1 fully saturated rings. The minimum absolute atomic E-state index is 0.119. The van der Waals surface area contributed by atoms with Gasteiger partial charge in [-0.25, -0.2) is 9.69 Å². The van der Waals surface area contributed by atoms with Gasteiger partial charge in [-0.15, -0.1) is 0 Å². The van der Waals surface area contributed by atoms with Crippen molar-refractivity contribution in [2.24, 2.45) is 0 Å². The van der Waals surface area contributed by atoms with Crippen LogP contribution in [0.25, 0.3) is 6.08 Å². The summed E-state index contributed by atoms with van der Waals surface area (Å²) in [5, 5.41) is 2.28. The Bertz CT molecular complexity index is 1360. The van der Waals surface area contributed by atoms with Crippen LogP contribution in [0.5, 0.6) is 5.75 Å². The highest BCUT2D eigenvalue weighted by atomic mass is 79.9. The molecule has 3 aromatic carbocycles. The normalized spacial score (nSPS) is 14.9. The lowest BCUT2D eigenvalue weighted by atomic mass is 10.0. The summed E-state index contributed by atoms with van der Waals surface area (Å²) in [6, 6.07) is 17.9. The number of nitrogens with one attached hydrogen (secondary N) is 1. The predicted molar refractivity (Wildman–Crippen MR) is 139 cm³/mol. The molecule has 0 aromatic heterocycles. The molecule has 0 atom stereocenters. The Morgan fingerprint density at radius 1 is 0.971 bits per heavy atom. The third-order valence-corrected chi connectivity index (χ3v) is 6.57. The zero-order valence-corrected chi connectivity index (χ0v) is 21.3. The molecule has 1 aliphatic heterocycles. The van der Waals surface area contributed by atoms with E-state index in [1.54, 1.807) is 30.3 Å². The maximum Gasteiger partial charge on any atom is 0.335 e. The first-order valence-corrected chi connectivity index (χ1v) is 12.1. The summed E-state index contributed by atoms with van der Waals surface area (Å²) in [4.78, 5) is 39.3. The number of imide groups is 2. The molecule has 0 saturated carbocycles. The number of ether oxygens (including phenoxy) is 1. The molecule has 0 radical (unpaired) electrons. The van der Waals surface area contributed by atoms with Crippen molar-refractivity contribution in [2.75, 3.05) is 4.90 Å². The number of barbiturate groups is 1. The zero-order chi connectivity index (χ0) is 25.1. The fourth-order valence-corrected chi connectivity index (χ4v) is 4.36. The Hall–Kier alpha value is -3.71. The molecular weight excluding hydrogens is 508 g/mol. The van der Waals surface area contributed by atoms with E-state index < -0.39 is 17.8 Å². The van der Waals surface area contributed by atoms with Crippen LogP contribution < -0.4 is 15.0 Å². The number of para-hydroxylation sites is 1. The van der Waals surface area contributed by atoms with E-state index in [-0.39, 0.29) is 5.57 Å². The standard InChI is InChI=1S/C28H25BrN2O4/c1-4-21-7-5-6-8-24(21)31-27(33)22(26(32)30-28(31)34)14-19-11-12-25(23(29)15-19)35-16-20-10-9-17(2)18(3)13-20/h5-15H,4,16H2,1-3H3,(H,30,32,34)/b22-14-. The van der Waals surface area contributed by atoms with Crippen molar-refractivity contribution in [1.29, 1.82) is 0 Å². The number of carbonyl (C=O) groups is 3. The Morgan fingerprint density at radius 2 is 1.74 bits per heavy atom. The molecule has 0 unspecified atom stereocenters. The van der Waals surface area contributed by atoms with Crippen LogP contribution in [0.15, 0.2) is 70.7 Å². The molecule has 0 spiro atoms. The highest BCUT2D eigenvalue weighted by Crippen LogP contribution is 2.30. The van der Waals surface area contributed by atoms with E-state index >= 15 is 0 Å². The summed E-state index contributed by atoms with van der Waals surface area (Å²) in [6.45, 7) is 6.48. The summed E-state index contributed by atoms with van der Waals surface area (Å²) >= 11 is 3.51. The van der Waals surface area contributed by atoms with Gasteiger partial charge in [0.2, 0.25) is 0 Å². The predicted octanol–water partition coefficient (Wildman–Crippen LogP) is 5.87. The van der Waals surface area contributed by atoms with Crippen LogP contribution in [-0.2, 0) is 22.6 Å². The minimum atomic E-state index is -0.755. The number of urea groups is 1. The van der Waals surface area contributed by atoms with Gasteiger partial charge in [-0.1, -0.05) is 49.4 Å². The molecule has 3 aromatic rings. The first-order chi connectivity index (χ1) is 16.8. The minimum Gasteiger partial charge on any atom is -0.488 e. The number of hydrogen-bond donors (Lipinski definition) is 1. The second-order valence-corrected chi connectivity index (χ2v) is 9.19. The molecule has 1 N–H and O–H groups in total. The van der Waals surface area contributed by atoms with Crippen molar-refractivity contribution in [3.63, 3.8) is 0 Å². The summed E-state index contributed by atoms with van der Waals surface area (Å²) in [5.41, 5.74) is 5.29. The van der Waals surface area contributed by atoms with Crippen molar-refractivity contribution in [2.45, 2.75) is 33.8 Å². The number of rotatable bonds is 6. The van der Waals surface area contributed by atoms with Crippen molar-refractivity contribution in [1.82, 2.24) is 5.32 Å². The number of carbonyl (C=O) groups excluding carboxylic acids is 3. The average Bonchev–Trinajstić information content (AvgIpc) is 2.83. The number of halogens is 1. The van der Waals surface area contributed by atoms with E-state index in [0.29, 0.717) is 34.5 Å². The topological polar surface area (TPSA) is 75.7 Å². The van der Waals surface area contributed by atoms with Gasteiger partial charge < -0.3 is 4.74 Å². The Balaban J connectivity index is 1.57. The second kappa shape index (κ2) is 10.3. The lowest BCUT2D eigenvalue weighted by molar-refractivity contribution is -0.122. The molecule has 6 nitrogen and oxygen atoms in total. The second-order valence-electron chi connectivity index (χ2n) is 8.34. The van der Waals surface area contributed by atoms with E-state index in [9.17, 15) is 14.4 Å². The smallest absolute Gasteiger partial charge is 0.335 e. The van der Waals surface area contributed by atoms with Gasteiger partial charge in [0.25, 0.3) is 11.8 Å². The number of amides is 4. The fraction of sp³-hybridized carbons (Fsp3) is 0.179.